The topological polar surface area (TPSA) is 26.0 Å². The van der Waals surface area contributed by atoms with Gasteiger partial charge < -0.3 is 5.73 Å². The Bertz CT molecular complexity index is 512. The van der Waals surface area contributed by atoms with E-state index in [1.165, 1.54) is 2.88 Å². The number of rotatable bonds is 2. The van der Waals surface area contributed by atoms with Gasteiger partial charge in [-0.3, -0.25) is 0 Å². The summed E-state index contributed by atoms with van der Waals surface area (Å²) >= 11 is 16.0. The highest BCUT2D eigenvalue weighted by molar-refractivity contribution is 14.1. The molecule has 0 fully saturated rings. The highest BCUT2D eigenvalue weighted by atomic mass is 127. The van der Waals surface area contributed by atoms with Crippen molar-refractivity contribution in [1.82, 2.24) is 0 Å². The zero-order valence-corrected chi connectivity index (χ0v) is 12.6. The third-order valence-corrected chi connectivity index (χ3v) is 4.90. The van der Waals surface area contributed by atoms with Gasteiger partial charge in [0, 0.05) is 0 Å². The number of hydrogen-bond acceptors (Lipinski definition) is 2. The Morgan fingerprint density at radius 2 is 2.06 bits per heavy atom. The summed E-state index contributed by atoms with van der Waals surface area (Å²) in [4.78, 5) is 0. The van der Waals surface area contributed by atoms with Crippen LogP contribution in [-0.2, 0) is 0 Å². The molecule has 0 aliphatic heterocycles. The first-order chi connectivity index (χ1) is 7.59. The molecule has 0 saturated carbocycles. The lowest BCUT2D eigenvalue weighted by molar-refractivity contribution is 0.877. The highest BCUT2D eigenvalue weighted by Gasteiger charge is 2.15. The molecule has 1 unspecified atom stereocenters. The minimum absolute atomic E-state index is 0.217. The lowest BCUT2D eigenvalue weighted by Crippen LogP contribution is -2.11. The molecule has 2 aromatic rings. The average Bonchev–Trinajstić information content (AvgIpc) is 2.68. The largest absolute Gasteiger partial charge is 0.320 e. The molecule has 1 aromatic carbocycles. The Kier molecular flexibility index (Phi) is 4.13. The van der Waals surface area contributed by atoms with Gasteiger partial charge in [-0.15, -0.1) is 11.3 Å². The van der Waals surface area contributed by atoms with Crippen LogP contribution < -0.4 is 5.73 Å². The summed E-state index contributed by atoms with van der Waals surface area (Å²) in [6, 6.07) is 7.38. The van der Waals surface area contributed by atoms with Gasteiger partial charge in [-0.2, -0.15) is 0 Å². The molecule has 1 heterocycles. The van der Waals surface area contributed by atoms with Crippen molar-refractivity contribution in [2.75, 3.05) is 0 Å². The van der Waals surface area contributed by atoms with Crippen molar-refractivity contribution in [2.45, 2.75) is 6.04 Å². The molecule has 0 bridgehead atoms. The van der Waals surface area contributed by atoms with Crippen molar-refractivity contribution >= 4 is 57.1 Å². The monoisotopic (exact) mass is 383 g/mol. The number of nitrogens with two attached hydrogens (primary N) is 1. The van der Waals surface area contributed by atoms with E-state index in [9.17, 15) is 0 Å². The van der Waals surface area contributed by atoms with E-state index in [2.05, 4.69) is 28.7 Å². The predicted octanol–water partition coefficient (Wildman–Crippen LogP) is 4.71. The summed E-state index contributed by atoms with van der Waals surface area (Å²) in [5.74, 6) is 0. The number of benzene rings is 1. The van der Waals surface area contributed by atoms with Gasteiger partial charge >= 0.3 is 0 Å². The van der Waals surface area contributed by atoms with Crippen LogP contribution in [0.4, 0.5) is 0 Å². The van der Waals surface area contributed by atoms with E-state index in [1.807, 2.05) is 17.5 Å². The van der Waals surface area contributed by atoms with Crippen LogP contribution in [0.3, 0.4) is 0 Å². The fraction of sp³-hybridized carbons (Fsp3) is 0.0909. The van der Waals surface area contributed by atoms with E-state index in [4.69, 9.17) is 28.9 Å². The van der Waals surface area contributed by atoms with E-state index in [1.54, 1.807) is 17.4 Å². The summed E-state index contributed by atoms with van der Waals surface area (Å²) in [5.41, 5.74) is 8.09. The maximum Gasteiger partial charge on any atom is 0.0656 e. The SMILES string of the molecule is NC(c1csc(I)c1)c1cccc(Cl)c1Cl. The maximum atomic E-state index is 6.16. The van der Waals surface area contributed by atoms with Crippen LogP contribution in [0.5, 0.6) is 0 Å². The summed E-state index contributed by atoms with van der Waals surface area (Å²) in [7, 11) is 0. The quantitative estimate of drug-likeness (QED) is 0.747. The zero-order valence-electron chi connectivity index (χ0n) is 8.08. The van der Waals surface area contributed by atoms with Gasteiger partial charge in [0.15, 0.2) is 0 Å². The Morgan fingerprint density at radius 3 is 2.69 bits per heavy atom. The molecule has 1 nitrogen and oxygen atoms in total. The van der Waals surface area contributed by atoms with Crippen molar-refractivity contribution in [3.8, 4) is 0 Å². The molecule has 0 amide bonds. The molecule has 84 valence electrons. The lowest BCUT2D eigenvalue weighted by atomic mass is 10.0. The van der Waals surface area contributed by atoms with Crippen LogP contribution in [0.2, 0.25) is 10.0 Å². The van der Waals surface area contributed by atoms with E-state index in [-0.39, 0.29) is 6.04 Å². The average molecular weight is 384 g/mol. The third-order valence-electron chi connectivity index (χ3n) is 2.26. The molecule has 5 heteroatoms. The Hall–Kier alpha value is 0.190. The predicted molar refractivity (Wildman–Crippen MR) is 79.5 cm³/mol. The third kappa shape index (κ3) is 2.54. The van der Waals surface area contributed by atoms with Crippen LogP contribution >= 0.6 is 57.1 Å². The van der Waals surface area contributed by atoms with Crippen LogP contribution in [0.1, 0.15) is 17.2 Å². The standard InChI is InChI=1S/C11H8Cl2INS/c12-8-3-1-2-7(10(8)13)11(15)6-4-9(14)16-5-6/h1-5,11H,15H2. The van der Waals surface area contributed by atoms with E-state index < -0.39 is 0 Å². The number of thiophene rings is 1. The number of hydrogen-bond donors (Lipinski definition) is 1. The first kappa shape index (κ1) is 12.6. The van der Waals surface area contributed by atoms with Gasteiger partial charge in [-0.05, 0) is 51.2 Å². The lowest BCUT2D eigenvalue weighted by Gasteiger charge is -2.12. The van der Waals surface area contributed by atoms with Gasteiger partial charge in [0.2, 0.25) is 0 Å². The molecule has 1 aromatic heterocycles. The summed E-state index contributed by atoms with van der Waals surface area (Å²) in [6.07, 6.45) is 0. The smallest absolute Gasteiger partial charge is 0.0656 e. The second-order valence-corrected chi connectivity index (χ2v) is 6.90. The molecule has 16 heavy (non-hydrogen) atoms. The molecule has 0 spiro atoms. The minimum atomic E-state index is -0.217. The molecule has 2 N–H and O–H groups in total. The van der Waals surface area contributed by atoms with Crippen LogP contribution in [0.15, 0.2) is 29.6 Å². The number of halogens is 3. The minimum Gasteiger partial charge on any atom is -0.320 e. The van der Waals surface area contributed by atoms with Gasteiger partial charge in [-0.25, -0.2) is 0 Å². The van der Waals surface area contributed by atoms with Crippen LogP contribution in [0.25, 0.3) is 0 Å². The van der Waals surface area contributed by atoms with Crippen molar-refractivity contribution in [1.29, 1.82) is 0 Å². The Balaban J connectivity index is 2.41. The molecule has 0 saturated heterocycles. The second-order valence-electron chi connectivity index (χ2n) is 3.30. The Morgan fingerprint density at radius 1 is 1.31 bits per heavy atom. The molecule has 2 rings (SSSR count). The summed E-state index contributed by atoms with van der Waals surface area (Å²) in [5, 5.41) is 3.13. The van der Waals surface area contributed by atoms with Crippen molar-refractivity contribution in [2.24, 2.45) is 5.73 Å². The van der Waals surface area contributed by atoms with Gasteiger partial charge in [0.25, 0.3) is 0 Å². The van der Waals surface area contributed by atoms with Gasteiger partial charge in [-0.1, -0.05) is 35.3 Å². The highest BCUT2D eigenvalue weighted by Crippen LogP contribution is 2.33. The van der Waals surface area contributed by atoms with Crippen molar-refractivity contribution in [3.63, 3.8) is 0 Å². The Labute approximate surface area is 122 Å². The van der Waals surface area contributed by atoms with E-state index in [0.717, 1.165) is 11.1 Å². The molecule has 0 radical (unpaired) electrons. The molecule has 0 aliphatic carbocycles. The van der Waals surface area contributed by atoms with Crippen molar-refractivity contribution < 1.29 is 0 Å². The maximum absolute atomic E-state index is 6.16. The summed E-state index contributed by atoms with van der Waals surface area (Å²) in [6.45, 7) is 0. The zero-order chi connectivity index (χ0) is 11.7. The van der Waals surface area contributed by atoms with Crippen molar-refractivity contribution in [3.05, 3.63) is 53.7 Å². The van der Waals surface area contributed by atoms with E-state index in [0.29, 0.717) is 10.0 Å². The normalized spacial score (nSPS) is 12.8. The molecule has 1 atom stereocenters. The fourth-order valence-electron chi connectivity index (χ4n) is 1.43. The van der Waals surface area contributed by atoms with E-state index >= 15 is 0 Å². The first-order valence-corrected chi connectivity index (χ1v) is 7.24. The fourth-order valence-corrected chi connectivity index (χ4v) is 3.26. The van der Waals surface area contributed by atoms with Crippen LogP contribution in [0, 0.1) is 2.88 Å². The van der Waals surface area contributed by atoms with Gasteiger partial charge in [0.05, 0.1) is 19.0 Å². The van der Waals surface area contributed by atoms with Crippen LogP contribution in [-0.4, -0.2) is 0 Å². The molecular weight excluding hydrogens is 376 g/mol. The first-order valence-electron chi connectivity index (χ1n) is 4.53. The summed E-state index contributed by atoms with van der Waals surface area (Å²) < 4.78 is 1.21. The van der Waals surface area contributed by atoms with Gasteiger partial charge in [0.1, 0.15) is 0 Å². The second kappa shape index (κ2) is 5.23. The molecule has 0 aliphatic rings. The molecular formula is C11H8Cl2INS.